The molecule has 0 bridgehead atoms. The molecule has 1 heterocycles. The summed E-state index contributed by atoms with van der Waals surface area (Å²) in [4.78, 5) is 35.3. The molecule has 0 spiro atoms. The second kappa shape index (κ2) is 7.04. The maximum atomic E-state index is 12.3. The van der Waals surface area contributed by atoms with E-state index in [9.17, 15) is 14.4 Å². The van der Waals surface area contributed by atoms with E-state index >= 15 is 0 Å². The molecule has 0 atom stereocenters. The molecule has 0 aliphatic carbocycles. The van der Waals surface area contributed by atoms with E-state index in [1.807, 2.05) is 0 Å². The number of anilines is 2. The lowest BCUT2D eigenvalue weighted by atomic mass is 10.1. The summed E-state index contributed by atoms with van der Waals surface area (Å²) in [6.45, 7) is 2.00. The minimum Gasteiger partial charge on any atom is -0.482 e. The van der Waals surface area contributed by atoms with Gasteiger partial charge in [0.25, 0.3) is 11.8 Å². The number of hydrogen-bond acceptors (Lipinski definition) is 5. The van der Waals surface area contributed by atoms with E-state index in [0.29, 0.717) is 34.9 Å². The van der Waals surface area contributed by atoms with Gasteiger partial charge in [-0.3, -0.25) is 9.59 Å². The van der Waals surface area contributed by atoms with Crippen molar-refractivity contribution in [1.29, 1.82) is 0 Å². The molecule has 0 aromatic heterocycles. The van der Waals surface area contributed by atoms with Gasteiger partial charge in [0.2, 0.25) is 0 Å². The Hall–Kier alpha value is -3.35. The largest absolute Gasteiger partial charge is 0.482 e. The topological polar surface area (TPSA) is 93.7 Å². The van der Waals surface area contributed by atoms with Crippen molar-refractivity contribution in [3.8, 4) is 5.75 Å². The molecule has 2 aromatic rings. The number of esters is 1. The fourth-order valence-corrected chi connectivity index (χ4v) is 2.33. The van der Waals surface area contributed by atoms with Gasteiger partial charge in [-0.15, -0.1) is 0 Å². The summed E-state index contributed by atoms with van der Waals surface area (Å²) in [5.74, 6) is -0.494. The number of hydrogen-bond donors (Lipinski definition) is 2. The Bertz CT molecular complexity index is 830. The van der Waals surface area contributed by atoms with Gasteiger partial charge in [0.15, 0.2) is 6.61 Å². The number of carbonyl (C=O) groups excluding carboxylic acids is 3. The molecule has 7 nitrogen and oxygen atoms in total. The first kappa shape index (κ1) is 16.5. The second-order valence-corrected chi connectivity index (χ2v) is 5.30. The Morgan fingerprint density at radius 3 is 2.60 bits per heavy atom. The number of carbonyl (C=O) groups is 3. The first-order valence-electron chi connectivity index (χ1n) is 7.72. The lowest BCUT2D eigenvalue weighted by Crippen LogP contribution is -2.25. The van der Waals surface area contributed by atoms with Gasteiger partial charge in [-0.1, -0.05) is 0 Å². The molecule has 1 aliphatic heterocycles. The Kier molecular flexibility index (Phi) is 4.65. The second-order valence-electron chi connectivity index (χ2n) is 5.30. The number of ether oxygens (including phenoxy) is 2. The average molecular weight is 340 g/mol. The molecule has 128 valence electrons. The van der Waals surface area contributed by atoms with Crippen molar-refractivity contribution >= 4 is 29.2 Å². The predicted molar refractivity (Wildman–Crippen MR) is 90.9 cm³/mol. The standard InChI is InChI=1S/C18H16N2O5/c1-2-24-18(23)11-3-6-13(7-4-11)19-17(22)12-5-8-15-14(9-12)20-16(21)10-25-15/h3-9H,2,10H2,1H3,(H,19,22)(H,20,21). The molecular formula is C18H16N2O5. The maximum absolute atomic E-state index is 12.3. The van der Waals surface area contributed by atoms with Crippen molar-refractivity contribution in [1.82, 2.24) is 0 Å². The van der Waals surface area contributed by atoms with Crippen LogP contribution in [0, 0.1) is 0 Å². The number of fused-ring (bicyclic) bond motifs is 1. The fraction of sp³-hybridized carbons (Fsp3) is 0.167. The molecule has 0 unspecified atom stereocenters. The first-order valence-corrected chi connectivity index (χ1v) is 7.72. The van der Waals surface area contributed by atoms with Crippen LogP contribution in [0.15, 0.2) is 42.5 Å². The van der Waals surface area contributed by atoms with Crippen molar-refractivity contribution in [3.05, 3.63) is 53.6 Å². The lowest BCUT2D eigenvalue weighted by Gasteiger charge is -2.18. The first-order chi connectivity index (χ1) is 12.1. The lowest BCUT2D eigenvalue weighted by molar-refractivity contribution is -0.118. The third-order valence-corrected chi connectivity index (χ3v) is 3.53. The quantitative estimate of drug-likeness (QED) is 0.834. The normalized spacial score (nSPS) is 12.4. The minimum atomic E-state index is -0.411. The molecule has 25 heavy (non-hydrogen) atoms. The van der Waals surface area contributed by atoms with Crippen LogP contribution >= 0.6 is 0 Å². The van der Waals surface area contributed by atoms with Crippen molar-refractivity contribution in [3.63, 3.8) is 0 Å². The Morgan fingerprint density at radius 1 is 1.16 bits per heavy atom. The summed E-state index contributed by atoms with van der Waals surface area (Å²) in [5.41, 5.74) is 1.78. The Morgan fingerprint density at radius 2 is 1.88 bits per heavy atom. The molecule has 0 saturated carbocycles. The van der Waals surface area contributed by atoms with Gasteiger partial charge < -0.3 is 20.1 Å². The van der Waals surface area contributed by atoms with Gasteiger partial charge in [0, 0.05) is 11.3 Å². The molecule has 1 aliphatic rings. The molecule has 0 radical (unpaired) electrons. The average Bonchev–Trinajstić information content (AvgIpc) is 2.61. The summed E-state index contributed by atoms with van der Waals surface area (Å²) >= 11 is 0. The van der Waals surface area contributed by atoms with E-state index in [0.717, 1.165) is 0 Å². The maximum Gasteiger partial charge on any atom is 0.338 e. The highest BCUT2D eigenvalue weighted by Gasteiger charge is 2.18. The van der Waals surface area contributed by atoms with E-state index in [2.05, 4.69) is 10.6 Å². The molecule has 2 aromatic carbocycles. The highest BCUT2D eigenvalue weighted by molar-refractivity contribution is 6.06. The van der Waals surface area contributed by atoms with Crippen LogP contribution < -0.4 is 15.4 Å². The van der Waals surface area contributed by atoms with Gasteiger partial charge in [0.05, 0.1) is 17.9 Å². The molecule has 0 fully saturated rings. The third-order valence-electron chi connectivity index (χ3n) is 3.53. The van der Waals surface area contributed by atoms with E-state index in [-0.39, 0.29) is 18.4 Å². The molecule has 2 N–H and O–H groups in total. The molecular weight excluding hydrogens is 324 g/mol. The van der Waals surface area contributed by atoms with Crippen LogP contribution in [0.4, 0.5) is 11.4 Å². The highest BCUT2D eigenvalue weighted by Crippen LogP contribution is 2.28. The van der Waals surface area contributed by atoms with Gasteiger partial charge in [-0.2, -0.15) is 0 Å². The number of benzene rings is 2. The fourth-order valence-electron chi connectivity index (χ4n) is 2.33. The van der Waals surface area contributed by atoms with E-state index in [1.54, 1.807) is 49.4 Å². The van der Waals surface area contributed by atoms with Gasteiger partial charge in [0.1, 0.15) is 5.75 Å². The van der Waals surface area contributed by atoms with Crippen molar-refractivity contribution in [2.45, 2.75) is 6.92 Å². The summed E-state index contributed by atoms with van der Waals surface area (Å²) in [7, 11) is 0. The van der Waals surface area contributed by atoms with Crippen LogP contribution in [-0.4, -0.2) is 31.0 Å². The molecule has 2 amide bonds. The van der Waals surface area contributed by atoms with Crippen LogP contribution in [0.2, 0.25) is 0 Å². The third kappa shape index (κ3) is 3.77. The molecule has 7 heteroatoms. The SMILES string of the molecule is CCOC(=O)c1ccc(NC(=O)c2ccc3c(c2)NC(=O)CO3)cc1. The van der Waals surface area contributed by atoms with Crippen LogP contribution in [0.5, 0.6) is 5.75 Å². The zero-order chi connectivity index (χ0) is 17.8. The predicted octanol–water partition coefficient (Wildman–Crippen LogP) is 2.45. The van der Waals surface area contributed by atoms with Gasteiger partial charge in [-0.05, 0) is 49.4 Å². The van der Waals surface area contributed by atoms with Crippen LogP contribution in [0.3, 0.4) is 0 Å². The summed E-state index contributed by atoms with van der Waals surface area (Å²) in [5, 5.41) is 5.39. The Labute approximate surface area is 143 Å². The van der Waals surface area contributed by atoms with Crippen LogP contribution in [-0.2, 0) is 9.53 Å². The van der Waals surface area contributed by atoms with E-state index < -0.39 is 5.97 Å². The Balaban J connectivity index is 1.71. The van der Waals surface area contributed by atoms with E-state index in [1.165, 1.54) is 0 Å². The van der Waals surface area contributed by atoms with Crippen LogP contribution in [0.1, 0.15) is 27.6 Å². The van der Waals surface area contributed by atoms with Crippen molar-refractivity contribution < 1.29 is 23.9 Å². The summed E-state index contributed by atoms with van der Waals surface area (Å²) in [6, 6.07) is 11.2. The number of amides is 2. The van der Waals surface area contributed by atoms with Crippen molar-refractivity contribution in [2.24, 2.45) is 0 Å². The smallest absolute Gasteiger partial charge is 0.338 e. The zero-order valence-electron chi connectivity index (χ0n) is 13.5. The van der Waals surface area contributed by atoms with Gasteiger partial charge in [-0.25, -0.2) is 4.79 Å². The van der Waals surface area contributed by atoms with E-state index in [4.69, 9.17) is 9.47 Å². The number of rotatable bonds is 4. The summed E-state index contributed by atoms with van der Waals surface area (Å²) in [6.07, 6.45) is 0. The summed E-state index contributed by atoms with van der Waals surface area (Å²) < 4.78 is 10.2. The monoisotopic (exact) mass is 340 g/mol. The van der Waals surface area contributed by atoms with Gasteiger partial charge >= 0.3 is 5.97 Å². The molecule has 3 rings (SSSR count). The van der Waals surface area contributed by atoms with Crippen LogP contribution in [0.25, 0.3) is 0 Å². The number of nitrogens with one attached hydrogen (secondary N) is 2. The molecule has 0 saturated heterocycles. The highest BCUT2D eigenvalue weighted by atomic mass is 16.5. The van der Waals surface area contributed by atoms with Crippen molar-refractivity contribution in [2.75, 3.05) is 23.8 Å². The minimum absolute atomic E-state index is 0.0364. The zero-order valence-corrected chi connectivity index (χ0v) is 13.5.